The Labute approximate surface area is 236 Å². The van der Waals surface area contributed by atoms with Crippen LogP contribution in [0.5, 0.6) is 5.75 Å². The summed E-state index contributed by atoms with van der Waals surface area (Å²) in [4.78, 5) is 11.8. The predicted molar refractivity (Wildman–Crippen MR) is 149 cm³/mol. The number of nitrogens with two attached hydrogens (primary N) is 1. The molecule has 2 aromatic carbocycles. The van der Waals surface area contributed by atoms with E-state index in [1.807, 2.05) is 18.2 Å². The van der Waals surface area contributed by atoms with Gasteiger partial charge < -0.3 is 48.4 Å². The lowest BCUT2D eigenvalue weighted by Gasteiger charge is -2.09. The number of hydrogen-bond donors (Lipinski definition) is 1. The molecule has 2 N–H and O–H groups in total. The molecule has 0 aliphatic rings. The van der Waals surface area contributed by atoms with Crippen molar-refractivity contribution in [3.63, 3.8) is 0 Å². The van der Waals surface area contributed by atoms with E-state index in [1.54, 1.807) is 36.4 Å². The van der Waals surface area contributed by atoms with Gasteiger partial charge in [-0.1, -0.05) is 18.2 Å². The third-order valence-electron chi connectivity index (χ3n) is 5.08. The summed E-state index contributed by atoms with van der Waals surface area (Å²) in [5.41, 5.74) is 6.86. The largest absolute Gasteiger partial charge is 0.491 e. The fourth-order valence-corrected chi connectivity index (χ4v) is 3.05. The summed E-state index contributed by atoms with van der Waals surface area (Å²) in [6.07, 6.45) is 0. The van der Waals surface area contributed by atoms with Gasteiger partial charge in [-0.3, -0.25) is 0 Å². The quantitative estimate of drug-likeness (QED) is 0.103. The van der Waals surface area contributed by atoms with Crippen LogP contribution in [0.2, 0.25) is 0 Å². The summed E-state index contributed by atoms with van der Waals surface area (Å²) < 4.78 is 48.8. The van der Waals surface area contributed by atoms with E-state index in [2.05, 4.69) is 0 Å². The molecular weight excluding hydrogens is 522 g/mol. The topological polar surface area (TPSA) is 126 Å². The molecule has 11 nitrogen and oxygen atoms in total. The zero-order valence-corrected chi connectivity index (χ0v) is 23.2. The zero-order chi connectivity index (χ0) is 28.4. The van der Waals surface area contributed by atoms with Crippen molar-refractivity contribution in [1.82, 2.24) is 0 Å². The van der Waals surface area contributed by atoms with Crippen LogP contribution in [0.3, 0.4) is 0 Å². The Morgan fingerprint density at radius 1 is 0.475 bits per heavy atom. The lowest BCUT2D eigenvalue weighted by Crippen LogP contribution is -2.15. The number of carbonyl (C=O) groups excluding carboxylic acids is 1. The van der Waals surface area contributed by atoms with Crippen LogP contribution in [0.4, 0.5) is 5.69 Å². The summed E-state index contributed by atoms with van der Waals surface area (Å²) in [6, 6.07) is 16.1. The van der Waals surface area contributed by atoms with E-state index < -0.39 is 0 Å². The van der Waals surface area contributed by atoms with Crippen molar-refractivity contribution in [3.05, 3.63) is 60.2 Å². The summed E-state index contributed by atoms with van der Waals surface area (Å²) in [6.45, 7) is 7.28. The third-order valence-corrected chi connectivity index (χ3v) is 5.08. The molecule has 0 spiro atoms. The van der Waals surface area contributed by atoms with Crippen LogP contribution in [0, 0.1) is 0 Å². The maximum Gasteiger partial charge on any atom is 0.338 e. The van der Waals surface area contributed by atoms with E-state index in [0.717, 1.165) is 5.75 Å². The monoisotopic (exact) mass is 565 g/mol. The van der Waals surface area contributed by atoms with Crippen molar-refractivity contribution >= 4 is 11.7 Å². The first-order chi connectivity index (χ1) is 19.8. The number of carbonyl (C=O) groups is 1. The molecule has 40 heavy (non-hydrogen) atoms. The van der Waals surface area contributed by atoms with Crippen molar-refractivity contribution in [2.24, 2.45) is 0 Å². The lowest BCUT2D eigenvalue weighted by molar-refractivity contribution is -0.0228. The van der Waals surface area contributed by atoms with Gasteiger partial charge in [0.05, 0.1) is 98.1 Å². The Bertz CT molecular complexity index is 854. The molecule has 224 valence electrons. The second-order valence-corrected chi connectivity index (χ2v) is 8.21. The third kappa shape index (κ3) is 18.5. The highest BCUT2D eigenvalue weighted by molar-refractivity contribution is 5.89. The minimum Gasteiger partial charge on any atom is -0.491 e. The fraction of sp³-hybridized carbons (Fsp3) is 0.552. The fourth-order valence-electron chi connectivity index (χ4n) is 3.05. The van der Waals surface area contributed by atoms with Gasteiger partial charge in [-0.2, -0.15) is 0 Å². The molecule has 0 saturated carbocycles. The Hall–Kier alpha value is -2.77. The number of anilines is 1. The second-order valence-electron chi connectivity index (χ2n) is 8.21. The van der Waals surface area contributed by atoms with Crippen LogP contribution >= 0.6 is 0 Å². The SMILES string of the molecule is Nc1ccc(OCCOCCOCCOCCOCCOCCOCCOCCOC(=O)c2ccccc2)cc1. The van der Waals surface area contributed by atoms with E-state index in [4.69, 9.17) is 48.4 Å². The summed E-state index contributed by atoms with van der Waals surface area (Å²) >= 11 is 0. The van der Waals surface area contributed by atoms with Crippen molar-refractivity contribution in [3.8, 4) is 5.75 Å². The van der Waals surface area contributed by atoms with Gasteiger partial charge in [-0.15, -0.1) is 0 Å². The Balaban J connectivity index is 1.19. The maximum absolute atomic E-state index is 11.8. The standard InChI is InChI=1S/C29H43NO10/c30-27-6-8-28(9-7-27)39-24-22-37-20-18-35-16-14-33-12-10-32-11-13-34-15-17-36-19-21-38-23-25-40-29(31)26-4-2-1-3-5-26/h1-9H,10-25,30H2. The van der Waals surface area contributed by atoms with Crippen molar-refractivity contribution in [1.29, 1.82) is 0 Å². The number of nitrogen functional groups attached to an aromatic ring is 1. The van der Waals surface area contributed by atoms with E-state index in [1.165, 1.54) is 0 Å². The minimum absolute atomic E-state index is 0.204. The lowest BCUT2D eigenvalue weighted by atomic mass is 10.2. The average Bonchev–Trinajstić information content (AvgIpc) is 2.98. The van der Waals surface area contributed by atoms with Gasteiger partial charge in [0.2, 0.25) is 0 Å². The van der Waals surface area contributed by atoms with E-state index in [0.29, 0.717) is 110 Å². The average molecular weight is 566 g/mol. The summed E-state index contributed by atoms with van der Waals surface area (Å²) in [5.74, 6) is 0.413. The molecule has 2 rings (SSSR count). The highest BCUT2D eigenvalue weighted by Crippen LogP contribution is 2.12. The molecule has 0 heterocycles. The number of benzene rings is 2. The molecule has 0 bridgehead atoms. The van der Waals surface area contributed by atoms with Gasteiger partial charge in [0.15, 0.2) is 0 Å². The highest BCUT2D eigenvalue weighted by Gasteiger charge is 2.05. The molecular formula is C29H43NO10. The number of esters is 1. The van der Waals surface area contributed by atoms with Crippen LogP contribution in [0.25, 0.3) is 0 Å². The Morgan fingerprint density at radius 2 is 0.850 bits per heavy atom. The zero-order valence-electron chi connectivity index (χ0n) is 23.2. The van der Waals surface area contributed by atoms with Crippen LogP contribution in [0.1, 0.15) is 10.4 Å². The summed E-state index contributed by atoms with van der Waals surface area (Å²) in [7, 11) is 0. The molecule has 0 fully saturated rings. The van der Waals surface area contributed by atoms with Crippen molar-refractivity contribution in [2.75, 3.05) is 111 Å². The number of rotatable bonds is 26. The molecule has 0 aliphatic carbocycles. The van der Waals surface area contributed by atoms with Gasteiger partial charge in [0, 0.05) is 5.69 Å². The smallest absolute Gasteiger partial charge is 0.338 e. The van der Waals surface area contributed by atoms with E-state index in [-0.39, 0.29) is 12.6 Å². The first-order valence-corrected chi connectivity index (χ1v) is 13.5. The van der Waals surface area contributed by atoms with Gasteiger partial charge >= 0.3 is 5.97 Å². The molecule has 0 radical (unpaired) electrons. The molecule has 11 heteroatoms. The maximum atomic E-state index is 11.8. The van der Waals surface area contributed by atoms with Crippen molar-refractivity contribution in [2.45, 2.75) is 0 Å². The molecule has 0 amide bonds. The molecule has 0 saturated heterocycles. The van der Waals surface area contributed by atoms with Gasteiger partial charge in [0.1, 0.15) is 19.0 Å². The first kappa shape index (κ1) is 33.4. The first-order valence-electron chi connectivity index (χ1n) is 13.5. The molecule has 0 atom stereocenters. The van der Waals surface area contributed by atoms with Gasteiger partial charge in [0.25, 0.3) is 0 Å². The normalized spacial score (nSPS) is 11.0. The number of hydrogen-bond acceptors (Lipinski definition) is 11. The number of ether oxygens (including phenoxy) is 9. The summed E-state index contributed by atoms with van der Waals surface area (Å²) in [5, 5.41) is 0. The van der Waals surface area contributed by atoms with E-state index >= 15 is 0 Å². The predicted octanol–water partition coefficient (Wildman–Crippen LogP) is 2.62. The molecule has 2 aromatic rings. The Kier molecular flexibility index (Phi) is 20.1. The second kappa shape index (κ2) is 24.1. The Morgan fingerprint density at radius 3 is 1.27 bits per heavy atom. The van der Waals surface area contributed by atoms with Crippen LogP contribution in [0.15, 0.2) is 54.6 Å². The van der Waals surface area contributed by atoms with Gasteiger partial charge in [-0.05, 0) is 36.4 Å². The molecule has 0 unspecified atom stereocenters. The highest BCUT2D eigenvalue weighted by atomic mass is 16.6. The minimum atomic E-state index is -0.355. The van der Waals surface area contributed by atoms with E-state index in [9.17, 15) is 4.79 Å². The molecule has 0 aromatic heterocycles. The van der Waals surface area contributed by atoms with Crippen LogP contribution < -0.4 is 10.5 Å². The molecule has 0 aliphatic heterocycles. The van der Waals surface area contributed by atoms with Crippen molar-refractivity contribution < 1.29 is 47.4 Å². The van der Waals surface area contributed by atoms with Gasteiger partial charge in [-0.25, -0.2) is 4.79 Å². The van der Waals surface area contributed by atoms with Crippen LogP contribution in [-0.2, 0) is 37.9 Å². The van der Waals surface area contributed by atoms with Crippen LogP contribution in [-0.4, -0.2) is 112 Å².